The standard InChI is InChI=1S/C11H32N5O9P3/c12-1-3-14(9-26(17,18)19)5-7-16(11-28(23,24)25)8-6-15(4-2-13)10-27(20,21)22/h1-13H2,(H2,17,18,19)(H2,20,21,22)(H2,23,24,25). The molecule has 0 amide bonds. The van der Waals surface area contributed by atoms with E-state index in [9.17, 15) is 23.5 Å². The highest BCUT2D eigenvalue weighted by Gasteiger charge is 2.24. The molecule has 0 saturated carbocycles. The molecule has 0 heterocycles. The summed E-state index contributed by atoms with van der Waals surface area (Å²) in [6.45, 7) is 0.985. The quantitative estimate of drug-likeness (QED) is 0.106. The molecule has 0 aliphatic heterocycles. The van der Waals surface area contributed by atoms with Crippen molar-refractivity contribution in [1.29, 1.82) is 0 Å². The first-order chi connectivity index (χ1) is 12.6. The van der Waals surface area contributed by atoms with Gasteiger partial charge in [-0.3, -0.25) is 28.4 Å². The highest BCUT2D eigenvalue weighted by molar-refractivity contribution is 7.52. The third-order valence-corrected chi connectivity index (χ3v) is 5.81. The van der Waals surface area contributed by atoms with Crippen LogP contribution in [0, 0.1) is 0 Å². The summed E-state index contributed by atoms with van der Waals surface area (Å²) in [5.41, 5.74) is 10.8. The Morgan fingerprint density at radius 1 is 0.500 bits per heavy atom. The third-order valence-electron chi connectivity index (χ3n) is 3.51. The number of nitrogens with two attached hydrogens (primary N) is 2. The van der Waals surface area contributed by atoms with Crippen molar-refractivity contribution in [2.45, 2.75) is 0 Å². The molecule has 10 N–H and O–H groups in total. The highest BCUT2D eigenvalue weighted by atomic mass is 31.2. The highest BCUT2D eigenvalue weighted by Crippen LogP contribution is 2.37. The lowest BCUT2D eigenvalue weighted by Crippen LogP contribution is -2.42. The maximum atomic E-state index is 11.4. The van der Waals surface area contributed by atoms with Crippen molar-refractivity contribution in [2.75, 3.05) is 71.2 Å². The van der Waals surface area contributed by atoms with Crippen LogP contribution in [0.1, 0.15) is 0 Å². The summed E-state index contributed by atoms with van der Waals surface area (Å²) in [4.78, 5) is 59.1. The summed E-state index contributed by atoms with van der Waals surface area (Å²) in [6.07, 6.45) is -1.68. The molecule has 0 aliphatic rings. The first-order valence-electron chi connectivity index (χ1n) is 8.36. The molecular formula is C11H32N5O9P3. The van der Waals surface area contributed by atoms with Crippen LogP contribution in [0.4, 0.5) is 0 Å². The van der Waals surface area contributed by atoms with Gasteiger partial charge in [0.25, 0.3) is 0 Å². The van der Waals surface area contributed by atoms with Crippen LogP contribution in [-0.4, -0.2) is 115 Å². The van der Waals surface area contributed by atoms with E-state index in [1.807, 2.05) is 0 Å². The zero-order chi connectivity index (χ0) is 22.0. The van der Waals surface area contributed by atoms with Gasteiger partial charge in [0, 0.05) is 52.4 Å². The summed E-state index contributed by atoms with van der Waals surface area (Å²) in [5, 5.41) is 0. The normalized spacial score (nSPS) is 13.8. The maximum absolute atomic E-state index is 11.4. The van der Waals surface area contributed by atoms with Gasteiger partial charge in [0.1, 0.15) is 18.9 Å². The van der Waals surface area contributed by atoms with E-state index in [0.717, 1.165) is 0 Å². The van der Waals surface area contributed by atoms with Gasteiger partial charge in [-0.15, -0.1) is 0 Å². The monoisotopic (exact) mass is 471 g/mol. The Bertz CT molecular complexity index is 542. The number of nitrogens with zero attached hydrogens (tertiary/aromatic N) is 3. The van der Waals surface area contributed by atoms with E-state index in [-0.39, 0.29) is 52.4 Å². The van der Waals surface area contributed by atoms with Crippen molar-refractivity contribution in [2.24, 2.45) is 11.5 Å². The summed E-state index contributed by atoms with van der Waals surface area (Å²) in [7, 11) is -13.1. The first-order valence-corrected chi connectivity index (χ1v) is 13.8. The Kier molecular flexibility index (Phi) is 12.9. The Hall–Kier alpha value is 0.250. The topological polar surface area (TPSA) is 234 Å². The second-order valence-corrected chi connectivity index (χ2v) is 11.2. The van der Waals surface area contributed by atoms with Gasteiger partial charge in [0.2, 0.25) is 0 Å². The Morgan fingerprint density at radius 2 is 0.714 bits per heavy atom. The molecule has 0 aromatic heterocycles. The molecular weight excluding hydrogens is 439 g/mol. The molecule has 0 unspecified atom stereocenters. The van der Waals surface area contributed by atoms with E-state index in [2.05, 4.69) is 0 Å². The van der Waals surface area contributed by atoms with Gasteiger partial charge in [0.05, 0.1) is 0 Å². The molecule has 0 atom stereocenters. The van der Waals surface area contributed by atoms with Gasteiger partial charge < -0.3 is 40.8 Å². The molecule has 28 heavy (non-hydrogen) atoms. The number of rotatable bonds is 16. The number of hydrogen-bond donors (Lipinski definition) is 8. The second-order valence-electron chi connectivity index (χ2n) is 6.35. The summed E-state index contributed by atoms with van der Waals surface area (Å²) in [5.74, 6) is 0. The van der Waals surface area contributed by atoms with Crippen LogP contribution in [0.5, 0.6) is 0 Å². The van der Waals surface area contributed by atoms with Crippen molar-refractivity contribution < 1.29 is 43.1 Å². The molecule has 0 aromatic carbocycles. The Balaban J connectivity index is 4.98. The van der Waals surface area contributed by atoms with Crippen molar-refractivity contribution >= 4 is 22.8 Å². The fraction of sp³-hybridized carbons (Fsp3) is 1.00. The molecule has 0 aromatic rings. The van der Waals surface area contributed by atoms with Crippen LogP contribution in [-0.2, 0) is 13.7 Å². The molecule has 0 saturated heterocycles. The fourth-order valence-corrected chi connectivity index (χ4v) is 4.88. The first kappa shape index (κ1) is 28.2. The Labute approximate surface area is 164 Å². The van der Waals surface area contributed by atoms with Crippen LogP contribution in [0.2, 0.25) is 0 Å². The lowest BCUT2D eigenvalue weighted by atomic mass is 10.4. The van der Waals surface area contributed by atoms with Crippen molar-refractivity contribution in [3.8, 4) is 0 Å². The van der Waals surface area contributed by atoms with E-state index in [1.54, 1.807) is 0 Å². The van der Waals surface area contributed by atoms with E-state index >= 15 is 0 Å². The second kappa shape index (κ2) is 12.8. The van der Waals surface area contributed by atoms with Crippen LogP contribution in [0.15, 0.2) is 0 Å². The van der Waals surface area contributed by atoms with E-state index in [4.69, 9.17) is 31.0 Å². The predicted molar refractivity (Wildman–Crippen MR) is 104 cm³/mol. The van der Waals surface area contributed by atoms with Crippen LogP contribution in [0.25, 0.3) is 0 Å². The van der Waals surface area contributed by atoms with Crippen LogP contribution < -0.4 is 11.5 Å². The fourth-order valence-electron chi connectivity index (χ4n) is 2.47. The van der Waals surface area contributed by atoms with Crippen molar-refractivity contribution in [1.82, 2.24) is 14.7 Å². The van der Waals surface area contributed by atoms with Gasteiger partial charge in [-0.25, -0.2) is 0 Å². The SMILES string of the molecule is NCCN(CCN(CCN(CCN)CP(=O)(O)O)CP(=O)(O)O)CP(=O)(O)O. The van der Waals surface area contributed by atoms with Gasteiger partial charge >= 0.3 is 22.8 Å². The minimum Gasteiger partial charge on any atom is -0.329 e. The lowest BCUT2D eigenvalue weighted by Gasteiger charge is -2.30. The molecule has 170 valence electrons. The van der Waals surface area contributed by atoms with E-state index in [0.29, 0.717) is 0 Å². The summed E-state index contributed by atoms with van der Waals surface area (Å²) in [6, 6.07) is 0. The molecule has 14 nitrogen and oxygen atoms in total. The number of hydrogen-bond acceptors (Lipinski definition) is 8. The predicted octanol–water partition coefficient (Wildman–Crippen LogP) is -2.78. The summed E-state index contributed by atoms with van der Waals surface area (Å²) >= 11 is 0. The van der Waals surface area contributed by atoms with Gasteiger partial charge in [0.15, 0.2) is 0 Å². The minimum absolute atomic E-state index is 0.0670. The molecule has 0 aliphatic carbocycles. The molecule has 17 heteroatoms. The maximum Gasteiger partial charge on any atom is 0.339 e. The van der Waals surface area contributed by atoms with Crippen molar-refractivity contribution in [3.05, 3.63) is 0 Å². The molecule has 0 rings (SSSR count). The average molecular weight is 471 g/mol. The minimum atomic E-state index is -4.42. The zero-order valence-corrected chi connectivity index (χ0v) is 18.2. The third kappa shape index (κ3) is 17.1. The van der Waals surface area contributed by atoms with Crippen LogP contribution >= 0.6 is 22.8 Å². The lowest BCUT2D eigenvalue weighted by molar-refractivity contribution is 0.193. The smallest absolute Gasteiger partial charge is 0.329 e. The van der Waals surface area contributed by atoms with Crippen LogP contribution in [0.3, 0.4) is 0 Å². The average Bonchev–Trinajstić information content (AvgIpc) is 2.45. The zero-order valence-electron chi connectivity index (χ0n) is 15.5. The molecule has 0 spiro atoms. The van der Waals surface area contributed by atoms with E-state index < -0.39 is 41.6 Å². The molecule has 0 radical (unpaired) electrons. The van der Waals surface area contributed by atoms with E-state index in [1.165, 1.54) is 14.7 Å². The molecule has 0 bridgehead atoms. The van der Waals surface area contributed by atoms with Crippen molar-refractivity contribution in [3.63, 3.8) is 0 Å². The van der Waals surface area contributed by atoms with Gasteiger partial charge in [-0.1, -0.05) is 0 Å². The molecule has 0 fully saturated rings. The largest absolute Gasteiger partial charge is 0.339 e. The Morgan fingerprint density at radius 3 is 0.893 bits per heavy atom. The summed E-state index contributed by atoms with van der Waals surface area (Å²) < 4.78 is 33.8. The van der Waals surface area contributed by atoms with Gasteiger partial charge in [-0.2, -0.15) is 0 Å². The van der Waals surface area contributed by atoms with Gasteiger partial charge in [-0.05, 0) is 0 Å².